The van der Waals surface area contributed by atoms with Crippen LogP contribution in [0.25, 0.3) is 6.08 Å². The minimum absolute atomic E-state index is 0.270. The maximum absolute atomic E-state index is 11.3. The Morgan fingerprint density at radius 2 is 1.94 bits per heavy atom. The van der Waals surface area contributed by atoms with E-state index in [0.29, 0.717) is 6.61 Å². The fourth-order valence-corrected chi connectivity index (χ4v) is 1.39. The molecular weight excluding hydrogens is 228 g/mol. The second kappa shape index (κ2) is 6.24. The molecule has 1 aromatic carbocycles. The van der Waals surface area contributed by atoms with E-state index in [9.17, 15) is 4.79 Å². The topological polar surface area (TPSA) is 35.5 Å². The maximum atomic E-state index is 11.3. The Balaban J connectivity index is 2.86. The molecule has 3 nitrogen and oxygen atoms in total. The number of carbonyl (C=O) groups excluding carboxylic acids is 1. The monoisotopic (exact) mass is 248 g/mol. The Labute approximate surface area is 108 Å². The number of esters is 1. The van der Waals surface area contributed by atoms with Crippen LogP contribution in [-0.2, 0) is 9.53 Å². The first kappa shape index (κ1) is 14.3. The lowest BCUT2D eigenvalue weighted by molar-refractivity contribution is -0.137. The zero-order chi connectivity index (χ0) is 13.6. The molecule has 1 rings (SSSR count). The Bertz CT molecular complexity index is 428. The van der Waals surface area contributed by atoms with Crippen molar-refractivity contribution in [1.82, 2.24) is 0 Å². The molecule has 0 spiro atoms. The van der Waals surface area contributed by atoms with Gasteiger partial charge in [0.15, 0.2) is 0 Å². The predicted molar refractivity (Wildman–Crippen MR) is 72.5 cm³/mol. The molecule has 0 radical (unpaired) electrons. The van der Waals surface area contributed by atoms with Gasteiger partial charge < -0.3 is 9.47 Å². The van der Waals surface area contributed by atoms with Crippen molar-refractivity contribution in [2.24, 2.45) is 0 Å². The first-order valence-electron chi connectivity index (χ1n) is 6.05. The van der Waals surface area contributed by atoms with E-state index < -0.39 is 0 Å². The van der Waals surface area contributed by atoms with Crippen LogP contribution in [0.4, 0.5) is 0 Å². The van der Waals surface area contributed by atoms with Crippen LogP contribution in [0.5, 0.6) is 5.75 Å². The van der Waals surface area contributed by atoms with E-state index in [-0.39, 0.29) is 11.6 Å². The van der Waals surface area contributed by atoms with Crippen molar-refractivity contribution in [2.45, 2.75) is 33.3 Å². The second-order valence-electron chi connectivity index (χ2n) is 4.84. The summed E-state index contributed by atoms with van der Waals surface area (Å²) >= 11 is 0. The second-order valence-corrected chi connectivity index (χ2v) is 4.84. The molecule has 0 amide bonds. The van der Waals surface area contributed by atoms with E-state index in [1.807, 2.05) is 45.0 Å². The quantitative estimate of drug-likeness (QED) is 0.605. The molecule has 3 heteroatoms. The van der Waals surface area contributed by atoms with Crippen molar-refractivity contribution in [2.75, 3.05) is 6.61 Å². The smallest absolute Gasteiger partial charge is 0.330 e. The third-order valence-electron chi connectivity index (χ3n) is 2.02. The minimum atomic E-state index is -0.344. The van der Waals surface area contributed by atoms with Crippen LogP contribution in [0.15, 0.2) is 30.3 Å². The van der Waals surface area contributed by atoms with Gasteiger partial charge in [-0.15, -0.1) is 0 Å². The van der Waals surface area contributed by atoms with E-state index in [4.69, 9.17) is 9.47 Å². The Morgan fingerprint density at radius 1 is 1.28 bits per heavy atom. The first-order chi connectivity index (χ1) is 8.42. The lowest BCUT2D eigenvalue weighted by Gasteiger charge is -2.22. The van der Waals surface area contributed by atoms with Crippen molar-refractivity contribution in [1.29, 1.82) is 0 Å². The molecule has 0 aliphatic heterocycles. The number of para-hydroxylation sites is 1. The molecule has 1 aromatic rings. The fourth-order valence-electron chi connectivity index (χ4n) is 1.39. The summed E-state index contributed by atoms with van der Waals surface area (Å²) < 4.78 is 10.7. The molecule has 0 atom stereocenters. The van der Waals surface area contributed by atoms with Gasteiger partial charge in [-0.2, -0.15) is 0 Å². The average Bonchev–Trinajstić information content (AvgIpc) is 2.26. The number of rotatable bonds is 4. The van der Waals surface area contributed by atoms with Crippen molar-refractivity contribution in [3.8, 4) is 5.75 Å². The molecule has 0 saturated heterocycles. The number of ether oxygens (including phenoxy) is 2. The highest BCUT2D eigenvalue weighted by molar-refractivity contribution is 5.87. The molecule has 0 aliphatic rings. The van der Waals surface area contributed by atoms with Crippen molar-refractivity contribution < 1.29 is 14.3 Å². The normalized spacial score (nSPS) is 11.6. The van der Waals surface area contributed by atoms with E-state index in [1.165, 1.54) is 6.08 Å². The highest BCUT2D eigenvalue weighted by atomic mass is 16.5. The third kappa shape index (κ3) is 5.04. The minimum Gasteiger partial charge on any atom is -0.488 e. The summed E-state index contributed by atoms with van der Waals surface area (Å²) in [5, 5.41) is 0. The van der Waals surface area contributed by atoms with Gasteiger partial charge in [-0.05, 0) is 39.8 Å². The summed E-state index contributed by atoms with van der Waals surface area (Å²) in [4.78, 5) is 11.3. The first-order valence-corrected chi connectivity index (χ1v) is 6.05. The molecule has 18 heavy (non-hydrogen) atoms. The summed E-state index contributed by atoms with van der Waals surface area (Å²) in [6, 6.07) is 7.59. The predicted octanol–water partition coefficient (Wildman–Crippen LogP) is 3.44. The number of hydrogen-bond donors (Lipinski definition) is 0. The Kier molecular flexibility index (Phi) is 4.95. The largest absolute Gasteiger partial charge is 0.488 e. The molecule has 98 valence electrons. The van der Waals surface area contributed by atoms with E-state index in [1.54, 1.807) is 13.0 Å². The van der Waals surface area contributed by atoms with Crippen molar-refractivity contribution in [3.05, 3.63) is 35.9 Å². The molecule has 0 N–H and O–H groups in total. The molecule has 0 saturated carbocycles. The summed E-state index contributed by atoms with van der Waals surface area (Å²) in [5.74, 6) is 0.411. The van der Waals surface area contributed by atoms with Gasteiger partial charge in [-0.25, -0.2) is 4.79 Å². The van der Waals surface area contributed by atoms with Gasteiger partial charge in [0.2, 0.25) is 0 Å². The highest BCUT2D eigenvalue weighted by Crippen LogP contribution is 2.24. The van der Waals surface area contributed by atoms with Gasteiger partial charge in [-0.1, -0.05) is 18.2 Å². The standard InChI is InChI=1S/C15H20O3/c1-5-17-14(16)11-10-12-8-6-7-9-13(12)18-15(2,3)4/h6-11H,5H2,1-4H3/b11-10+. The van der Waals surface area contributed by atoms with Gasteiger partial charge in [0.25, 0.3) is 0 Å². The Hall–Kier alpha value is -1.77. The molecule has 0 unspecified atom stereocenters. The maximum Gasteiger partial charge on any atom is 0.330 e. The molecular formula is C15H20O3. The number of hydrogen-bond acceptors (Lipinski definition) is 3. The number of benzene rings is 1. The van der Waals surface area contributed by atoms with Crippen LogP contribution in [-0.4, -0.2) is 18.2 Å². The van der Waals surface area contributed by atoms with Gasteiger partial charge in [0.05, 0.1) is 6.61 Å². The lowest BCUT2D eigenvalue weighted by Crippen LogP contribution is -2.23. The third-order valence-corrected chi connectivity index (χ3v) is 2.02. The molecule has 0 heterocycles. The van der Waals surface area contributed by atoms with Gasteiger partial charge in [0, 0.05) is 11.6 Å². The van der Waals surface area contributed by atoms with E-state index in [2.05, 4.69) is 0 Å². The van der Waals surface area contributed by atoms with Crippen LogP contribution in [0, 0.1) is 0 Å². The zero-order valence-electron chi connectivity index (χ0n) is 11.4. The summed E-state index contributed by atoms with van der Waals surface area (Å²) in [6.45, 7) is 8.11. The summed E-state index contributed by atoms with van der Waals surface area (Å²) in [6.07, 6.45) is 3.12. The highest BCUT2D eigenvalue weighted by Gasteiger charge is 2.13. The zero-order valence-corrected chi connectivity index (χ0v) is 11.4. The van der Waals surface area contributed by atoms with Crippen LogP contribution >= 0.6 is 0 Å². The van der Waals surface area contributed by atoms with Crippen LogP contribution in [0.1, 0.15) is 33.3 Å². The van der Waals surface area contributed by atoms with Gasteiger partial charge in [-0.3, -0.25) is 0 Å². The number of carbonyl (C=O) groups is 1. The molecule has 0 aromatic heterocycles. The fraction of sp³-hybridized carbons (Fsp3) is 0.400. The van der Waals surface area contributed by atoms with Crippen LogP contribution < -0.4 is 4.74 Å². The molecule has 0 bridgehead atoms. The summed E-state index contributed by atoms with van der Waals surface area (Å²) in [5.41, 5.74) is 0.592. The lowest BCUT2D eigenvalue weighted by atomic mass is 10.1. The average molecular weight is 248 g/mol. The van der Waals surface area contributed by atoms with Gasteiger partial charge >= 0.3 is 5.97 Å². The SMILES string of the molecule is CCOC(=O)/C=C/c1ccccc1OC(C)(C)C. The van der Waals surface area contributed by atoms with Crippen molar-refractivity contribution >= 4 is 12.0 Å². The van der Waals surface area contributed by atoms with Crippen LogP contribution in [0.2, 0.25) is 0 Å². The molecule has 0 fully saturated rings. The molecule has 0 aliphatic carbocycles. The Morgan fingerprint density at radius 3 is 2.56 bits per heavy atom. The van der Waals surface area contributed by atoms with Gasteiger partial charge in [0.1, 0.15) is 11.4 Å². The van der Waals surface area contributed by atoms with Crippen molar-refractivity contribution in [3.63, 3.8) is 0 Å². The summed E-state index contributed by atoms with van der Waals surface area (Å²) in [7, 11) is 0. The van der Waals surface area contributed by atoms with Crippen LogP contribution in [0.3, 0.4) is 0 Å². The van der Waals surface area contributed by atoms with E-state index in [0.717, 1.165) is 11.3 Å². The van der Waals surface area contributed by atoms with E-state index >= 15 is 0 Å².